The molecule has 0 spiro atoms. The van der Waals surface area contributed by atoms with E-state index in [-0.39, 0.29) is 34.5 Å². The summed E-state index contributed by atoms with van der Waals surface area (Å²) in [5, 5.41) is 3.99. The first-order chi connectivity index (χ1) is 15.8. The minimum absolute atomic E-state index is 0.0271. The Labute approximate surface area is 197 Å². The van der Waals surface area contributed by atoms with Crippen molar-refractivity contribution in [2.45, 2.75) is 18.2 Å². The molecule has 0 bridgehead atoms. The van der Waals surface area contributed by atoms with Crippen molar-refractivity contribution in [1.82, 2.24) is 4.90 Å². The summed E-state index contributed by atoms with van der Waals surface area (Å²) in [5.41, 5.74) is 3.35. The first kappa shape index (κ1) is 22.2. The molecule has 3 heterocycles. The zero-order valence-corrected chi connectivity index (χ0v) is 19.8. The molecule has 3 aliphatic heterocycles. The van der Waals surface area contributed by atoms with E-state index in [9.17, 15) is 17.6 Å². The van der Waals surface area contributed by atoms with Gasteiger partial charge in [0.15, 0.2) is 15.0 Å². The fourth-order valence-electron chi connectivity index (χ4n) is 4.42. The molecule has 2 saturated heterocycles. The molecule has 174 valence electrons. The number of amides is 1. The van der Waals surface area contributed by atoms with E-state index in [2.05, 4.69) is 15.2 Å². The second-order valence-electron chi connectivity index (χ2n) is 8.65. The van der Waals surface area contributed by atoms with Crippen LogP contribution in [0.2, 0.25) is 0 Å². The number of nitrogens with zero attached hydrogens (tertiary/aromatic N) is 3. The Morgan fingerprint density at radius 2 is 1.82 bits per heavy atom. The number of rotatable bonds is 3. The molecule has 3 aliphatic rings. The molecule has 33 heavy (non-hydrogen) atoms. The molecule has 1 amide bonds. The third kappa shape index (κ3) is 4.72. The minimum Gasteiger partial charge on any atom is -0.368 e. The molecule has 2 aromatic rings. The average molecular weight is 489 g/mol. The van der Waals surface area contributed by atoms with Gasteiger partial charge in [-0.3, -0.25) is 9.79 Å². The van der Waals surface area contributed by atoms with E-state index < -0.39 is 9.84 Å². The van der Waals surface area contributed by atoms with Gasteiger partial charge in [-0.15, -0.1) is 0 Å². The van der Waals surface area contributed by atoms with E-state index in [0.29, 0.717) is 36.9 Å². The maximum absolute atomic E-state index is 13.2. The van der Waals surface area contributed by atoms with Crippen LogP contribution in [0.5, 0.6) is 0 Å². The standard InChI is InChI=1S/C23H25FN4O3S2/c1-15-2-3-16(12-19(15)25-23-26-20-13-33(30,31)14-21(20)32-23)22(29)28-10-8-27(9-11-28)18-6-4-17(24)5-7-18/h2-7,12,20-21H,8-11,13-14H2,1H3,(H,25,26)/t20-,21-/m0/s1. The lowest BCUT2D eigenvalue weighted by atomic mass is 10.1. The van der Waals surface area contributed by atoms with E-state index in [1.54, 1.807) is 12.1 Å². The van der Waals surface area contributed by atoms with Gasteiger partial charge in [-0.25, -0.2) is 12.8 Å². The average Bonchev–Trinajstić information content (AvgIpc) is 3.28. The van der Waals surface area contributed by atoms with Gasteiger partial charge in [-0.05, 0) is 48.9 Å². The highest BCUT2D eigenvalue weighted by Gasteiger charge is 2.42. The third-order valence-electron chi connectivity index (χ3n) is 6.30. The Bertz CT molecular complexity index is 1210. The van der Waals surface area contributed by atoms with Gasteiger partial charge in [-0.1, -0.05) is 17.8 Å². The molecule has 2 atom stereocenters. The number of aliphatic imine (C=N–C) groups is 1. The van der Waals surface area contributed by atoms with Gasteiger partial charge in [0.25, 0.3) is 5.91 Å². The third-order valence-corrected chi connectivity index (χ3v) is 9.44. The molecule has 0 radical (unpaired) electrons. The first-order valence-corrected chi connectivity index (χ1v) is 13.6. The molecule has 2 fully saturated rings. The molecule has 5 rings (SSSR count). The highest BCUT2D eigenvalue weighted by Crippen LogP contribution is 2.35. The number of carbonyl (C=O) groups excluding carboxylic acids is 1. The molecule has 0 saturated carbocycles. The zero-order valence-electron chi connectivity index (χ0n) is 18.2. The molecule has 0 aliphatic carbocycles. The maximum Gasteiger partial charge on any atom is 0.254 e. The predicted octanol–water partition coefficient (Wildman–Crippen LogP) is 2.78. The number of amidine groups is 1. The summed E-state index contributed by atoms with van der Waals surface area (Å²) in [6.07, 6.45) is 0. The fourth-order valence-corrected chi connectivity index (χ4v) is 8.09. The number of piperazine rings is 1. The summed E-state index contributed by atoms with van der Waals surface area (Å²) < 4.78 is 36.7. The van der Waals surface area contributed by atoms with Crippen LogP contribution in [0.1, 0.15) is 15.9 Å². The second-order valence-corrected chi connectivity index (χ2v) is 12.0. The van der Waals surface area contributed by atoms with Gasteiger partial charge in [-0.2, -0.15) is 0 Å². The van der Waals surface area contributed by atoms with Crippen molar-refractivity contribution in [2.24, 2.45) is 4.99 Å². The fraction of sp³-hybridized carbons (Fsp3) is 0.391. The number of carbonyl (C=O) groups is 1. The van der Waals surface area contributed by atoms with E-state index in [0.717, 1.165) is 16.9 Å². The van der Waals surface area contributed by atoms with Crippen molar-refractivity contribution in [1.29, 1.82) is 0 Å². The summed E-state index contributed by atoms with van der Waals surface area (Å²) in [6, 6.07) is 11.8. The van der Waals surface area contributed by atoms with Crippen LogP contribution in [-0.2, 0) is 9.84 Å². The second kappa shape index (κ2) is 8.64. The van der Waals surface area contributed by atoms with E-state index >= 15 is 0 Å². The van der Waals surface area contributed by atoms with Gasteiger partial charge in [0, 0.05) is 48.4 Å². The molecule has 0 aromatic heterocycles. The van der Waals surface area contributed by atoms with Gasteiger partial charge < -0.3 is 15.1 Å². The number of sulfone groups is 1. The summed E-state index contributed by atoms with van der Waals surface area (Å²) >= 11 is 1.46. The van der Waals surface area contributed by atoms with Crippen molar-refractivity contribution < 1.29 is 17.6 Å². The molecule has 1 N–H and O–H groups in total. The van der Waals surface area contributed by atoms with Crippen LogP contribution >= 0.6 is 11.8 Å². The number of hydrogen-bond donors (Lipinski definition) is 1. The molecule has 7 nitrogen and oxygen atoms in total. The Balaban J connectivity index is 1.24. The number of benzene rings is 2. The maximum atomic E-state index is 13.2. The van der Waals surface area contributed by atoms with Crippen LogP contribution in [0.4, 0.5) is 15.8 Å². The van der Waals surface area contributed by atoms with E-state index in [4.69, 9.17) is 0 Å². The Kier molecular flexibility index (Phi) is 5.82. The summed E-state index contributed by atoms with van der Waals surface area (Å²) in [5.74, 6) is -0.0114. The van der Waals surface area contributed by atoms with Crippen LogP contribution in [0.25, 0.3) is 0 Å². The lowest BCUT2D eigenvalue weighted by Crippen LogP contribution is -2.48. The van der Waals surface area contributed by atoms with Crippen molar-refractivity contribution in [3.05, 3.63) is 59.4 Å². The smallest absolute Gasteiger partial charge is 0.254 e. The minimum atomic E-state index is -2.99. The topological polar surface area (TPSA) is 82.1 Å². The molecular formula is C23H25FN4O3S2. The van der Waals surface area contributed by atoms with Gasteiger partial charge in [0.05, 0.1) is 17.5 Å². The summed E-state index contributed by atoms with van der Waals surface area (Å²) in [4.78, 5) is 21.7. The Morgan fingerprint density at radius 1 is 1.09 bits per heavy atom. The van der Waals surface area contributed by atoms with Crippen molar-refractivity contribution in [3.8, 4) is 0 Å². The van der Waals surface area contributed by atoms with E-state index in [1.807, 2.05) is 30.0 Å². The van der Waals surface area contributed by atoms with E-state index in [1.165, 1.54) is 23.9 Å². The highest BCUT2D eigenvalue weighted by atomic mass is 32.2. The summed E-state index contributed by atoms with van der Waals surface area (Å²) in [7, 11) is -2.99. The number of thioether (sulfide) groups is 1. The van der Waals surface area contributed by atoms with Gasteiger partial charge >= 0.3 is 0 Å². The van der Waals surface area contributed by atoms with Crippen molar-refractivity contribution in [3.63, 3.8) is 0 Å². The van der Waals surface area contributed by atoms with Crippen molar-refractivity contribution in [2.75, 3.05) is 47.9 Å². The number of halogens is 1. The first-order valence-electron chi connectivity index (χ1n) is 10.9. The highest BCUT2D eigenvalue weighted by molar-refractivity contribution is 8.15. The number of nitrogens with one attached hydrogen (secondary N) is 1. The monoisotopic (exact) mass is 488 g/mol. The van der Waals surface area contributed by atoms with Crippen LogP contribution in [0.3, 0.4) is 0 Å². The Hall–Kier alpha value is -2.59. The summed E-state index contributed by atoms with van der Waals surface area (Å²) in [6.45, 7) is 4.52. The van der Waals surface area contributed by atoms with Gasteiger partial charge in [0.1, 0.15) is 5.82 Å². The molecule has 2 aromatic carbocycles. The van der Waals surface area contributed by atoms with Crippen molar-refractivity contribution >= 4 is 44.0 Å². The van der Waals surface area contributed by atoms with Gasteiger partial charge in [0.2, 0.25) is 0 Å². The Morgan fingerprint density at radius 3 is 2.52 bits per heavy atom. The lowest BCUT2D eigenvalue weighted by molar-refractivity contribution is 0.0747. The molecular weight excluding hydrogens is 463 g/mol. The number of anilines is 2. The number of hydrogen-bond acceptors (Lipinski definition) is 7. The SMILES string of the molecule is Cc1ccc(C(=O)N2CCN(c3ccc(F)cc3)CC2)cc1NC1=N[C@H]2CS(=O)(=O)C[C@@H]2S1. The van der Waals surface area contributed by atoms with Crippen LogP contribution in [-0.4, -0.2) is 73.4 Å². The number of fused-ring (bicyclic) bond motifs is 1. The van der Waals surface area contributed by atoms with Crippen LogP contribution < -0.4 is 10.2 Å². The lowest BCUT2D eigenvalue weighted by Gasteiger charge is -2.36. The quantitative estimate of drug-likeness (QED) is 0.716. The molecule has 0 unspecified atom stereocenters. The number of aryl methyl sites for hydroxylation is 1. The van der Waals surface area contributed by atoms with Crippen LogP contribution in [0, 0.1) is 12.7 Å². The largest absolute Gasteiger partial charge is 0.368 e. The predicted molar refractivity (Wildman–Crippen MR) is 131 cm³/mol. The zero-order chi connectivity index (χ0) is 23.2. The normalized spacial score (nSPS) is 23.9. The van der Waals surface area contributed by atoms with Crippen LogP contribution in [0.15, 0.2) is 47.5 Å². The molecule has 10 heteroatoms.